The number of amides is 1. The van der Waals surface area contributed by atoms with Gasteiger partial charge in [-0.25, -0.2) is 4.79 Å². The third-order valence-corrected chi connectivity index (χ3v) is 4.48. The van der Waals surface area contributed by atoms with Crippen LogP contribution >= 0.6 is 0 Å². The summed E-state index contributed by atoms with van der Waals surface area (Å²) in [6, 6.07) is 25.8. The van der Waals surface area contributed by atoms with Crippen molar-refractivity contribution < 1.29 is 19.4 Å². The van der Waals surface area contributed by atoms with Gasteiger partial charge in [-0.3, -0.25) is 4.79 Å². The minimum Gasteiger partial charge on any atom is -0.452 e. The number of carbonyl (C=O) groups excluding carboxylic acids is 2. The molecule has 0 aliphatic rings. The zero-order chi connectivity index (χ0) is 20.5. The summed E-state index contributed by atoms with van der Waals surface area (Å²) in [6.07, 6.45) is 0. The molecule has 3 rings (SSSR count). The van der Waals surface area contributed by atoms with E-state index in [9.17, 15) is 9.59 Å². The van der Waals surface area contributed by atoms with Crippen molar-refractivity contribution in [2.75, 3.05) is 6.61 Å². The normalized spacial score (nSPS) is 10.4. The third-order valence-electron chi connectivity index (χ3n) is 4.48. The molecule has 0 spiro atoms. The van der Waals surface area contributed by atoms with E-state index in [2.05, 4.69) is 0 Å². The molecule has 0 bridgehead atoms. The Hall–Kier alpha value is -3.44. The van der Waals surface area contributed by atoms with Gasteiger partial charge in [-0.1, -0.05) is 72.8 Å². The Morgan fingerprint density at radius 3 is 1.72 bits per heavy atom. The molecule has 148 valence electrons. The van der Waals surface area contributed by atoms with Crippen molar-refractivity contribution >= 4 is 11.9 Å². The molecular formula is C24H23NO4. The van der Waals surface area contributed by atoms with E-state index >= 15 is 0 Å². The van der Waals surface area contributed by atoms with E-state index in [1.165, 1.54) is 0 Å². The van der Waals surface area contributed by atoms with Gasteiger partial charge in [-0.05, 0) is 28.8 Å². The van der Waals surface area contributed by atoms with Crippen molar-refractivity contribution in [3.05, 3.63) is 107 Å². The molecule has 0 radical (unpaired) electrons. The molecule has 0 unspecified atom stereocenters. The summed E-state index contributed by atoms with van der Waals surface area (Å²) < 4.78 is 5.23. The fourth-order valence-corrected chi connectivity index (χ4v) is 2.89. The first-order chi connectivity index (χ1) is 14.2. The number of aliphatic hydroxyl groups excluding tert-OH is 1. The van der Waals surface area contributed by atoms with Crippen LogP contribution in [0.25, 0.3) is 0 Å². The summed E-state index contributed by atoms with van der Waals surface area (Å²) >= 11 is 0. The number of hydrogen-bond donors (Lipinski definition) is 1. The van der Waals surface area contributed by atoms with Crippen LogP contribution in [0, 0.1) is 0 Å². The molecule has 0 saturated heterocycles. The molecule has 0 heterocycles. The molecule has 5 nitrogen and oxygen atoms in total. The number of rotatable bonds is 8. The fraction of sp³-hybridized carbons (Fsp3) is 0.167. The highest BCUT2D eigenvalue weighted by atomic mass is 16.5. The molecule has 0 fully saturated rings. The molecule has 0 aromatic heterocycles. The highest BCUT2D eigenvalue weighted by Crippen LogP contribution is 2.12. The summed E-state index contributed by atoms with van der Waals surface area (Å²) in [5.74, 6) is -0.833. The van der Waals surface area contributed by atoms with E-state index in [0.717, 1.165) is 11.1 Å². The molecule has 5 heteroatoms. The maximum atomic E-state index is 12.8. The van der Waals surface area contributed by atoms with Crippen molar-refractivity contribution in [2.24, 2.45) is 0 Å². The van der Waals surface area contributed by atoms with E-state index in [4.69, 9.17) is 9.84 Å². The molecule has 3 aromatic carbocycles. The molecule has 1 amide bonds. The number of hydrogen-bond acceptors (Lipinski definition) is 4. The largest absolute Gasteiger partial charge is 0.452 e. The molecular weight excluding hydrogens is 366 g/mol. The predicted octanol–water partition coefficient (Wildman–Crippen LogP) is 3.56. The minimum absolute atomic E-state index is 0.0955. The quantitative estimate of drug-likeness (QED) is 0.598. The number of ether oxygens (including phenoxy) is 1. The minimum atomic E-state index is -0.567. The number of carbonyl (C=O) groups is 2. The van der Waals surface area contributed by atoms with E-state index in [-0.39, 0.29) is 19.1 Å². The standard InChI is InChI=1S/C24H23NO4/c26-17-21-11-13-22(14-12-21)24(28)29-18-23(27)25(15-19-7-3-1-4-8-19)16-20-9-5-2-6-10-20/h1-14,26H,15-18H2. The van der Waals surface area contributed by atoms with Crippen LogP contribution in [0.1, 0.15) is 27.0 Å². The average molecular weight is 389 g/mol. The van der Waals surface area contributed by atoms with Crippen LogP contribution in [-0.2, 0) is 29.2 Å². The van der Waals surface area contributed by atoms with Crippen LogP contribution in [0.2, 0.25) is 0 Å². The van der Waals surface area contributed by atoms with E-state index in [1.54, 1.807) is 29.2 Å². The van der Waals surface area contributed by atoms with Gasteiger partial charge >= 0.3 is 5.97 Å². The van der Waals surface area contributed by atoms with E-state index < -0.39 is 5.97 Å². The van der Waals surface area contributed by atoms with Crippen LogP contribution in [0.5, 0.6) is 0 Å². The second kappa shape index (κ2) is 10.2. The predicted molar refractivity (Wildman–Crippen MR) is 110 cm³/mol. The average Bonchev–Trinajstić information content (AvgIpc) is 2.78. The number of benzene rings is 3. The van der Waals surface area contributed by atoms with Crippen LogP contribution in [-0.4, -0.2) is 28.5 Å². The van der Waals surface area contributed by atoms with Crippen molar-refractivity contribution in [3.63, 3.8) is 0 Å². The first kappa shape index (κ1) is 20.3. The third kappa shape index (κ3) is 6.02. The molecule has 3 aromatic rings. The molecule has 0 aliphatic carbocycles. The number of nitrogens with zero attached hydrogens (tertiary/aromatic N) is 1. The Labute approximate surface area is 170 Å². The van der Waals surface area contributed by atoms with Crippen molar-refractivity contribution in [2.45, 2.75) is 19.7 Å². The maximum Gasteiger partial charge on any atom is 0.338 e. The monoisotopic (exact) mass is 389 g/mol. The van der Waals surface area contributed by atoms with Gasteiger partial charge in [0.1, 0.15) is 0 Å². The van der Waals surface area contributed by atoms with Crippen LogP contribution in [0.15, 0.2) is 84.9 Å². The first-order valence-electron chi connectivity index (χ1n) is 9.38. The smallest absolute Gasteiger partial charge is 0.338 e. The topological polar surface area (TPSA) is 66.8 Å². The second-order valence-corrected chi connectivity index (χ2v) is 6.65. The van der Waals surface area contributed by atoms with Gasteiger partial charge in [0.25, 0.3) is 5.91 Å². The van der Waals surface area contributed by atoms with Crippen molar-refractivity contribution in [1.82, 2.24) is 4.90 Å². The van der Waals surface area contributed by atoms with Crippen LogP contribution in [0.3, 0.4) is 0 Å². The summed E-state index contributed by atoms with van der Waals surface area (Å²) in [7, 11) is 0. The SMILES string of the molecule is O=C(OCC(=O)N(Cc1ccccc1)Cc1ccccc1)c1ccc(CO)cc1. The summed E-state index contributed by atoms with van der Waals surface area (Å²) in [4.78, 5) is 26.7. The Morgan fingerprint density at radius 2 is 1.24 bits per heavy atom. The van der Waals surface area contributed by atoms with Crippen molar-refractivity contribution in [1.29, 1.82) is 0 Å². The maximum absolute atomic E-state index is 12.8. The van der Waals surface area contributed by atoms with Gasteiger partial charge < -0.3 is 14.7 Å². The van der Waals surface area contributed by atoms with Gasteiger partial charge in [0.15, 0.2) is 6.61 Å². The molecule has 0 aliphatic heterocycles. The van der Waals surface area contributed by atoms with Crippen molar-refractivity contribution in [3.8, 4) is 0 Å². The lowest BCUT2D eigenvalue weighted by Crippen LogP contribution is -2.33. The van der Waals surface area contributed by atoms with E-state index in [0.29, 0.717) is 24.2 Å². The Bertz CT molecular complexity index is 883. The first-order valence-corrected chi connectivity index (χ1v) is 9.38. The van der Waals surface area contributed by atoms with Crippen LogP contribution < -0.4 is 0 Å². The van der Waals surface area contributed by atoms with Gasteiger partial charge in [0.05, 0.1) is 12.2 Å². The van der Waals surface area contributed by atoms with Gasteiger partial charge in [-0.2, -0.15) is 0 Å². The molecule has 0 saturated carbocycles. The lowest BCUT2D eigenvalue weighted by Gasteiger charge is -2.23. The van der Waals surface area contributed by atoms with E-state index in [1.807, 2.05) is 60.7 Å². The van der Waals surface area contributed by atoms with Gasteiger partial charge in [0.2, 0.25) is 0 Å². The summed E-state index contributed by atoms with van der Waals surface area (Å²) in [6.45, 7) is 0.427. The zero-order valence-electron chi connectivity index (χ0n) is 16.0. The summed E-state index contributed by atoms with van der Waals surface area (Å²) in [5, 5.41) is 9.08. The van der Waals surface area contributed by atoms with Gasteiger partial charge in [0, 0.05) is 13.1 Å². The zero-order valence-corrected chi connectivity index (χ0v) is 16.0. The highest BCUT2D eigenvalue weighted by molar-refractivity contribution is 5.91. The molecule has 29 heavy (non-hydrogen) atoms. The number of esters is 1. The highest BCUT2D eigenvalue weighted by Gasteiger charge is 2.17. The number of aliphatic hydroxyl groups is 1. The molecule has 1 N–H and O–H groups in total. The Balaban J connectivity index is 1.65. The Morgan fingerprint density at radius 1 is 0.724 bits per heavy atom. The van der Waals surface area contributed by atoms with Crippen LogP contribution in [0.4, 0.5) is 0 Å². The Kier molecular flexibility index (Phi) is 7.14. The summed E-state index contributed by atoms with van der Waals surface area (Å²) in [5.41, 5.74) is 3.05. The fourth-order valence-electron chi connectivity index (χ4n) is 2.89. The lowest BCUT2D eigenvalue weighted by molar-refractivity contribution is -0.135. The lowest BCUT2D eigenvalue weighted by atomic mass is 10.1. The molecule has 0 atom stereocenters. The van der Waals surface area contributed by atoms with Gasteiger partial charge in [-0.15, -0.1) is 0 Å². The second-order valence-electron chi connectivity index (χ2n) is 6.65.